The summed E-state index contributed by atoms with van der Waals surface area (Å²) >= 11 is 0. The van der Waals surface area contributed by atoms with E-state index < -0.39 is 11.9 Å². The number of carbonyl (C=O) groups is 2. The number of terminal acetylenes is 1. The Hall–Kier alpha value is -4.26. The van der Waals surface area contributed by atoms with Crippen molar-refractivity contribution in [2.45, 2.75) is 77.4 Å². The van der Waals surface area contributed by atoms with Gasteiger partial charge in [0.05, 0.1) is 23.1 Å². The highest BCUT2D eigenvalue weighted by molar-refractivity contribution is 5.99. The number of aromatic nitrogens is 5. The number of ketones is 2. The van der Waals surface area contributed by atoms with Crippen LogP contribution < -0.4 is 0 Å². The highest BCUT2D eigenvalue weighted by atomic mass is 19.4. The van der Waals surface area contributed by atoms with Crippen molar-refractivity contribution in [3.63, 3.8) is 0 Å². The van der Waals surface area contributed by atoms with E-state index in [1.807, 2.05) is 25.1 Å². The molecule has 2 fully saturated rings. The Balaban J connectivity index is 1.14. The number of aryl methyl sites for hydroxylation is 1. The molecule has 0 amide bonds. The van der Waals surface area contributed by atoms with Gasteiger partial charge in [-0.15, -0.1) is 6.42 Å². The second-order valence-corrected chi connectivity index (χ2v) is 12.3. The molecule has 0 saturated heterocycles. The van der Waals surface area contributed by atoms with Gasteiger partial charge in [-0.2, -0.15) is 18.3 Å². The summed E-state index contributed by atoms with van der Waals surface area (Å²) in [5.74, 6) is 3.60. The van der Waals surface area contributed by atoms with E-state index in [4.69, 9.17) is 6.42 Å². The number of alkyl halides is 3. The van der Waals surface area contributed by atoms with Crippen LogP contribution in [-0.4, -0.2) is 35.7 Å². The fraction of sp³-hybridized carbons (Fsp3) is 0.441. The summed E-state index contributed by atoms with van der Waals surface area (Å²) in [6, 6.07) is 5.69. The number of carbonyl (C=O) groups excluding carboxylic acids is 2. The van der Waals surface area contributed by atoms with Gasteiger partial charge in [-0.3, -0.25) is 23.7 Å². The van der Waals surface area contributed by atoms with E-state index in [2.05, 4.69) is 21.0 Å². The first kappa shape index (κ1) is 29.8. The van der Waals surface area contributed by atoms with Crippen molar-refractivity contribution in [2.75, 3.05) is 0 Å². The number of Topliss-reactive ketones (excluding diaryl/α,β-unsaturated/α-hetero) is 2. The van der Waals surface area contributed by atoms with Crippen molar-refractivity contribution in [2.24, 2.45) is 17.8 Å². The molecular weight excluding hydrogens is 567 g/mol. The monoisotopic (exact) mass is 601 g/mol. The van der Waals surface area contributed by atoms with Crippen LogP contribution in [0.5, 0.6) is 0 Å². The van der Waals surface area contributed by atoms with Gasteiger partial charge in [-0.1, -0.05) is 49.8 Å². The zero-order valence-corrected chi connectivity index (χ0v) is 24.6. The molecule has 228 valence electrons. The highest BCUT2D eigenvalue weighted by Crippen LogP contribution is 2.40. The molecule has 0 bridgehead atoms. The van der Waals surface area contributed by atoms with Crippen LogP contribution in [0.25, 0.3) is 16.9 Å². The molecule has 6 rings (SSSR count). The third-order valence-corrected chi connectivity index (χ3v) is 9.10. The molecule has 2 saturated carbocycles. The number of imidazole rings is 1. The van der Waals surface area contributed by atoms with Gasteiger partial charge in [-0.25, -0.2) is 4.98 Å². The molecule has 2 aliphatic rings. The first-order chi connectivity index (χ1) is 21.1. The van der Waals surface area contributed by atoms with Gasteiger partial charge in [0.15, 0.2) is 17.1 Å². The summed E-state index contributed by atoms with van der Waals surface area (Å²) in [7, 11) is 0. The fourth-order valence-corrected chi connectivity index (χ4v) is 6.87. The van der Waals surface area contributed by atoms with E-state index in [0.717, 1.165) is 28.7 Å². The van der Waals surface area contributed by atoms with Gasteiger partial charge in [0.2, 0.25) is 0 Å². The topological polar surface area (TPSA) is 82.1 Å². The summed E-state index contributed by atoms with van der Waals surface area (Å²) in [6.07, 6.45) is 14.4. The Morgan fingerprint density at radius 3 is 2.55 bits per heavy atom. The van der Waals surface area contributed by atoms with Gasteiger partial charge >= 0.3 is 6.18 Å². The standard InChI is InChI=1S/C34H34F3N5O2/c1-3-11-41-20-28(32(40-41)34(35,36)37)30-19-39-33-29(38-10-12-42(30)33)18-23-8-9-27(21(2)13-23)31(44)25-14-24(15-25)17-26(43)16-22-6-4-5-7-22/h1,8-10,12-13,19-20,22,24-25H,4-7,11,14-18H2,2H3. The summed E-state index contributed by atoms with van der Waals surface area (Å²) in [4.78, 5) is 34.6. The molecule has 3 heterocycles. The van der Waals surface area contributed by atoms with E-state index in [9.17, 15) is 22.8 Å². The third kappa shape index (κ3) is 6.05. The number of hydrogen-bond acceptors (Lipinski definition) is 5. The quantitative estimate of drug-likeness (QED) is 0.146. The molecule has 2 aliphatic carbocycles. The first-order valence-corrected chi connectivity index (χ1v) is 15.2. The summed E-state index contributed by atoms with van der Waals surface area (Å²) < 4.78 is 44.0. The zero-order valence-electron chi connectivity index (χ0n) is 24.6. The maximum absolute atomic E-state index is 13.8. The molecule has 0 aliphatic heterocycles. The second-order valence-electron chi connectivity index (χ2n) is 12.3. The van der Waals surface area contributed by atoms with Gasteiger partial charge in [0.1, 0.15) is 12.3 Å². The Morgan fingerprint density at radius 2 is 1.84 bits per heavy atom. The lowest BCUT2D eigenvalue weighted by Gasteiger charge is -2.34. The van der Waals surface area contributed by atoms with Crippen molar-refractivity contribution in [3.05, 3.63) is 71.1 Å². The minimum atomic E-state index is -4.67. The second kappa shape index (κ2) is 12.0. The van der Waals surface area contributed by atoms with E-state index >= 15 is 0 Å². The van der Waals surface area contributed by atoms with E-state index in [1.54, 1.807) is 10.6 Å². The van der Waals surface area contributed by atoms with E-state index in [1.165, 1.54) is 44.3 Å². The molecule has 0 N–H and O–H groups in total. The molecule has 0 atom stereocenters. The Labute approximate surface area is 253 Å². The van der Waals surface area contributed by atoms with E-state index in [0.29, 0.717) is 53.8 Å². The van der Waals surface area contributed by atoms with Crippen molar-refractivity contribution in [3.8, 4) is 23.6 Å². The highest BCUT2D eigenvalue weighted by Gasteiger charge is 2.39. The normalized spacial score (nSPS) is 18.8. The molecule has 10 heteroatoms. The lowest BCUT2D eigenvalue weighted by Crippen LogP contribution is -2.32. The predicted octanol–water partition coefficient (Wildman–Crippen LogP) is 6.89. The lowest BCUT2D eigenvalue weighted by molar-refractivity contribution is -0.141. The molecule has 1 aromatic carbocycles. The van der Waals surface area contributed by atoms with Crippen LogP contribution in [-0.2, 0) is 23.9 Å². The number of rotatable bonds is 10. The maximum Gasteiger partial charge on any atom is 0.435 e. The fourth-order valence-electron chi connectivity index (χ4n) is 6.87. The van der Waals surface area contributed by atoms with Crippen LogP contribution in [0.4, 0.5) is 13.2 Å². The molecule has 3 aromatic heterocycles. The number of nitrogens with zero attached hydrogens (tertiary/aromatic N) is 5. The van der Waals surface area contributed by atoms with Crippen molar-refractivity contribution < 1.29 is 22.8 Å². The molecular formula is C34H34F3N5O2. The van der Waals surface area contributed by atoms with Crippen LogP contribution in [0.15, 0.2) is 43.0 Å². The molecule has 0 spiro atoms. The minimum Gasteiger partial charge on any atom is -0.300 e. The van der Waals surface area contributed by atoms with Crippen LogP contribution >= 0.6 is 0 Å². The third-order valence-electron chi connectivity index (χ3n) is 9.10. The zero-order chi connectivity index (χ0) is 31.0. The van der Waals surface area contributed by atoms with Gasteiger partial charge < -0.3 is 0 Å². The Bertz CT molecular complexity index is 1750. The van der Waals surface area contributed by atoms with Gasteiger partial charge in [-0.05, 0) is 42.7 Å². The number of benzene rings is 1. The molecule has 7 nitrogen and oxygen atoms in total. The minimum absolute atomic E-state index is 0.0471. The molecule has 0 radical (unpaired) electrons. The molecule has 4 aromatic rings. The van der Waals surface area contributed by atoms with Crippen LogP contribution in [0.2, 0.25) is 0 Å². The number of fused-ring (bicyclic) bond motifs is 1. The lowest BCUT2D eigenvalue weighted by atomic mass is 9.69. The average molecular weight is 602 g/mol. The summed E-state index contributed by atoms with van der Waals surface area (Å²) in [5.41, 5.74) is 2.56. The van der Waals surface area contributed by atoms with E-state index in [-0.39, 0.29) is 29.5 Å². The number of halogens is 3. The summed E-state index contributed by atoms with van der Waals surface area (Å²) in [6.45, 7) is 1.82. The molecule has 44 heavy (non-hydrogen) atoms. The van der Waals surface area contributed by atoms with Gasteiger partial charge in [0, 0.05) is 49.3 Å². The predicted molar refractivity (Wildman–Crippen MR) is 159 cm³/mol. The van der Waals surface area contributed by atoms with Crippen molar-refractivity contribution in [1.82, 2.24) is 24.1 Å². The smallest absolute Gasteiger partial charge is 0.300 e. The Kier molecular flexibility index (Phi) is 8.14. The first-order valence-electron chi connectivity index (χ1n) is 15.2. The SMILES string of the molecule is C#CCn1cc(-c2cnc3c(Cc4ccc(C(=O)C5CC(CC(=O)CC6CCCC6)C5)c(C)c4)nccn23)c(C(F)(F)F)n1. The van der Waals surface area contributed by atoms with Gasteiger partial charge in [0.25, 0.3) is 0 Å². The average Bonchev–Trinajstić information content (AvgIpc) is 3.70. The van der Waals surface area contributed by atoms with Crippen LogP contribution in [0.1, 0.15) is 84.2 Å². The number of hydrogen-bond donors (Lipinski definition) is 0. The van der Waals surface area contributed by atoms with Crippen LogP contribution in [0, 0.1) is 37.0 Å². The molecule has 0 unspecified atom stereocenters. The maximum atomic E-state index is 13.8. The largest absolute Gasteiger partial charge is 0.435 e. The Morgan fingerprint density at radius 1 is 1.09 bits per heavy atom. The van der Waals surface area contributed by atoms with Crippen molar-refractivity contribution >= 4 is 17.2 Å². The summed E-state index contributed by atoms with van der Waals surface area (Å²) in [5, 5.41) is 3.66. The van der Waals surface area contributed by atoms with Crippen molar-refractivity contribution in [1.29, 1.82) is 0 Å². The van der Waals surface area contributed by atoms with Crippen LogP contribution in [0.3, 0.4) is 0 Å².